The van der Waals surface area contributed by atoms with Gasteiger partial charge in [0.05, 0.1) is 0 Å². The fourth-order valence-electron chi connectivity index (χ4n) is 3.17. The van der Waals surface area contributed by atoms with Gasteiger partial charge in [0.1, 0.15) is 0 Å². The minimum absolute atomic E-state index is 0.822. The van der Waals surface area contributed by atoms with Gasteiger partial charge in [0, 0.05) is 6.04 Å². The molecule has 2 saturated heterocycles. The molecule has 0 aliphatic carbocycles. The third-order valence-electron chi connectivity index (χ3n) is 4.23. The topological polar surface area (TPSA) is 15.3 Å². The molecule has 0 unspecified atom stereocenters. The lowest BCUT2D eigenvalue weighted by Gasteiger charge is -2.28. The summed E-state index contributed by atoms with van der Waals surface area (Å²) in [4.78, 5) is 2.64. The summed E-state index contributed by atoms with van der Waals surface area (Å²) in [6.45, 7) is 7.72. The lowest BCUT2D eigenvalue weighted by atomic mass is 9.91. The van der Waals surface area contributed by atoms with Gasteiger partial charge >= 0.3 is 0 Å². The molecule has 0 saturated carbocycles. The molecule has 2 aliphatic rings. The Morgan fingerprint density at radius 3 is 2.75 bits per heavy atom. The number of unbranched alkanes of at least 4 members (excludes halogenated alkanes) is 1. The second-order valence-corrected chi connectivity index (χ2v) is 5.83. The van der Waals surface area contributed by atoms with Gasteiger partial charge in [-0.25, -0.2) is 0 Å². The van der Waals surface area contributed by atoms with Gasteiger partial charge in [-0.15, -0.1) is 0 Å². The van der Waals surface area contributed by atoms with E-state index in [1.165, 1.54) is 71.1 Å². The van der Waals surface area contributed by atoms with Crippen LogP contribution >= 0.6 is 0 Å². The molecule has 2 aliphatic heterocycles. The van der Waals surface area contributed by atoms with Gasteiger partial charge in [0.2, 0.25) is 0 Å². The number of piperidine rings is 1. The van der Waals surface area contributed by atoms with E-state index in [1.807, 2.05) is 0 Å². The summed E-state index contributed by atoms with van der Waals surface area (Å²) in [7, 11) is 0. The highest BCUT2D eigenvalue weighted by Gasteiger charge is 2.17. The molecule has 2 nitrogen and oxygen atoms in total. The summed E-state index contributed by atoms with van der Waals surface area (Å²) < 4.78 is 0. The zero-order valence-corrected chi connectivity index (χ0v) is 10.9. The Balaban J connectivity index is 1.50. The Labute approximate surface area is 101 Å². The highest BCUT2D eigenvalue weighted by atomic mass is 15.1. The van der Waals surface area contributed by atoms with Crippen molar-refractivity contribution in [1.82, 2.24) is 10.2 Å². The molecule has 2 heterocycles. The first-order valence-corrected chi connectivity index (χ1v) is 7.30. The van der Waals surface area contributed by atoms with Crippen LogP contribution in [0.2, 0.25) is 0 Å². The SMILES string of the molecule is C[C@H]1CCN[C@@H](CCCCN2CCCC2)C1. The standard InChI is InChI=1S/C14H28N2/c1-13-7-8-15-14(12-13)6-2-3-9-16-10-4-5-11-16/h13-15H,2-12H2,1H3/t13-,14-/m0/s1. The van der Waals surface area contributed by atoms with Gasteiger partial charge in [0.25, 0.3) is 0 Å². The van der Waals surface area contributed by atoms with Crippen LogP contribution in [0.25, 0.3) is 0 Å². The van der Waals surface area contributed by atoms with Crippen molar-refractivity contribution >= 4 is 0 Å². The minimum Gasteiger partial charge on any atom is -0.314 e. The first-order chi connectivity index (χ1) is 7.84. The van der Waals surface area contributed by atoms with Gasteiger partial charge in [0.15, 0.2) is 0 Å². The Kier molecular flexibility index (Phi) is 5.11. The maximum atomic E-state index is 3.66. The molecule has 0 radical (unpaired) electrons. The number of rotatable bonds is 5. The highest BCUT2D eigenvalue weighted by molar-refractivity contribution is 4.76. The van der Waals surface area contributed by atoms with Crippen molar-refractivity contribution in [3.8, 4) is 0 Å². The molecule has 1 N–H and O–H groups in total. The molecule has 0 bridgehead atoms. The monoisotopic (exact) mass is 224 g/mol. The fraction of sp³-hybridized carbons (Fsp3) is 1.00. The van der Waals surface area contributed by atoms with E-state index in [9.17, 15) is 0 Å². The molecule has 0 aromatic rings. The Hall–Kier alpha value is -0.0800. The Bertz CT molecular complexity index is 187. The van der Waals surface area contributed by atoms with Gasteiger partial charge in [-0.3, -0.25) is 0 Å². The molecule has 0 aromatic carbocycles. The quantitative estimate of drug-likeness (QED) is 0.722. The molecular weight excluding hydrogens is 196 g/mol. The van der Waals surface area contributed by atoms with E-state index in [1.54, 1.807) is 0 Å². The number of hydrogen-bond donors (Lipinski definition) is 1. The summed E-state index contributed by atoms with van der Waals surface area (Å²) >= 11 is 0. The largest absolute Gasteiger partial charge is 0.314 e. The second-order valence-electron chi connectivity index (χ2n) is 5.83. The number of likely N-dealkylation sites (tertiary alicyclic amines) is 1. The van der Waals surface area contributed by atoms with Gasteiger partial charge < -0.3 is 10.2 Å². The third-order valence-corrected chi connectivity index (χ3v) is 4.23. The lowest BCUT2D eigenvalue weighted by molar-refractivity contribution is 0.288. The smallest absolute Gasteiger partial charge is 0.00696 e. The van der Waals surface area contributed by atoms with Crippen LogP contribution in [0, 0.1) is 5.92 Å². The number of nitrogens with zero attached hydrogens (tertiary/aromatic N) is 1. The summed E-state index contributed by atoms with van der Waals surface area (Å²) in [6, 6.07) is 0.822. The average Bonchev–Trinajstić information content (AvgIpc) is 2.77. The van der Waals surface area contributed by atoms with Crippen molar-refractivity contribution in [1.29, 1.82) is 0 Å². The van der Waals surface area contributed by atoms with E-state index < -0.39 is 0 Å². The van der Waals surface area contributed by atoms with E-state index >= 15 is 0 Å². The fourth-order valence-corrected chi connectivity index (χ4v) is 3.17. The van der Waals surface area contributed by atoms with Crippen molar-refractivity contribution in [3.63, 3.8) is 0 Å². The highest BCUT2D eigenvalue weighted by Crippen LogP contribution is 2.19. The normalized spacial score (nSPS) is 32.1. The zero-order valence-electron chi connectivity index (χ0n) is 10.9. The third kappa shape index (κ3) is 4.06. The van der Waals surface area contributed by atoms with Crippen molar-refractivity contribution in [3.05, 3.63) is 0 Å². The predicted molar refractivity (Wildman–Crippen MR) is 69.7 cm³/mol. The second kappa shape index (κ2) is 6.61. The van der Waals surface area contributed by atoms with Crippen LogP contribution in [0.15, 0.2) is 0 Å². The molecule has 94 valence electrons. The molecule has 2 fully saturated rings. The average molecular weight is 224 g/mol. The van der Waals surface area contributed by atoms with Gasteiger partial charge in [-0.05, 0) is 70.6 Å². The number of nitrogens with one attached hydrogen (secondary N) is 1. The van der Waals surface area contributed by atoms with Crippen LogP contribution in [0.4, 0.5) is 0 Å². The maximum Gasteiger partial charge on any atom is 0.00696 e. The van der Waals surface area contributed by atoms with Crippen molar-refractivity contribution < 1.29 is 0 Å². The molecule has 2 heteroatoms. The molecule has 2 atom stereocenters. The van der Waals surface area contributed by atoms with Gasteiger partial charge in [-0.2, -0.15) is 0 Å². The minimum atomic E-state index is 0.822. The molecular formula is C14H28N2. The van der Waals surface area contributed by atoms with E-state index in [2.05, 4.69) is 17.1 Å². The van der Waals surface area contributed by atoms with Crippen molar-refractivity contribution in [2.45, 2.75) is 57.9 Å². The van der Waals surface area contributed by atoms with Crippen LogP contribution in [0.3, 0.4) is 0 Å². The van der Waals surface area contributed by atoms with Crippen LogP contribution in [-0.2, 0) is 0 Å². The summed E-state index contributed by atoms with van der Waals surface area (Å²) in [5.41, 5.74) is 0. The van der Waals surface area contributed by atoms with E-state index in [0.717, 1.165) is 12.0 Å². The molecule has 0 amide bonds. The Morgan fingerprint density at radius 1 is 1.19 bits per heavy atom. The molecule has 2 rings (SSSR count). The van der Waals surface area contributed by atoms with Crippen LogP contribution in [0.5, 0.6) is 0 Å². The van der Waals surface area contributed by atoms with Gasteiger partial charge in [-0.1, -0.05) is 13.3 Å². The van der Waals surface area contributed by atoms with E-state index in [-0.39, 0.29) is 0 Å². The maximum absolute atomic E-state index is 3.66. The molecule has 16 heavy (non-hydrogen) atoms. The van der Waals surface area contributed by atoms with E-state index in [4.69, 9.17) is 0 Å². The lowest BCUT2D eigenvalue weighted by Crippen LogP contribution is -2.37. The van der Waals surface area contributed by atoms with Crippen LogP contribution < -0.4 is 5.32 Å². The predicted octanol–water partition coefficient (Wildman–Crippen LogP) is 2.64. The van der Waals surface area contributed by atoms with E-state index in [0.29, 0.717) is 0 Å². The zero-order chi connectivity index (χ0) is 11.2. The van der Waals surface area contributed by atoms with Crippen LogP contribution in [-0.4, -0.2) is 37.1 Å². The number of hydrogen-bond acceptors (Lipinski definition) is 2. The van der Waals surface area contributed by atoms with Crippen LogP contribution in [0.1, 0.15) is 51.9 Å². The van der Waals surface area contributed by atoms with Crippen molar-refractivity contribution in [2.24, 2.45) is 5.92 Å². The molecule has 0 spiro atoms. The first-order valence-electron chi connectivity index (χ1n) is 7.30. The molecule has 0 aromatic heterocycles. The summed E-state index contributed by atoms with van der Waals surface area (Å²) in [6.07, 6.45) is 9.88. The Morgan fingerprint density at radius 2 is 2.00 bits per heavy atom. The van der Waals surface area contributed by atoms with Crippen molar-refractivity contribution in [2.75, 3.05) is 26.2 Å². The summed E-state index contributed by atoms with van der Waals surface area (Å²) in [5, 5.41) is 3.66. The first kappa shape index (κ1) is 12.4. The summed E-state index contributed by atoms with van der Waals surface area (Å²) in [5.74, 6) is 0.949.